The van der Waals surface area contributed by atoms with Gasteiger partial charge in [-0.15, -0.1) is 0 Å². The summed E-state index contributed by atoms with van der Waals surface area (Å²) in [4.78, 5) is 19.3. The van der Waals surface area contributed by atoms with Crippen LogP contribution in [0.25, 0.3) is 11.4 Å². The van der Waals surface area contributed by atoms with Crippen molar-refractivity contribution in [3.05, 3.63) is 72.1 Å². The number of carboxylic acid groups (broad SMARTS) is 1. The molecule has 4 rings (SSSR count). The predicted molar refractivity (Wildman–Crippen MR) is 113 cm³/mol. The van der Waals surface area contributed by atoms with Crippen molar-refractivity contribution in [2.45, 2.75) is 25.6 Å². The Bertz CT molecular complexity index is 1020. The molecule has 32 heavy (non-hydrogen) atoms. The van der Waals surface area contributed by atoms with E-state index in [1.807, 2.05) is 42.6 Å². The van der Waals surface area contributed by atoms with Gasteiger partial charge in [-0.25, -0.2) is 9.78 Å². The number of phenolic OH excluding ortho intramolecular Hbond substituents is 1. The fraction of sp³-hybridized carbons (Fsp3) is 0.304. The van der Waals surface area contributed by atoms with Gasteiger partial charge in [0.2, 0.25) is 0 Å². The molecule has 2 aromatic carbocycles. The third-order valence-corrected chi connectivity index (χ3v) is 5.18. The molecule has 1 aliphatic heterocycles. The number of para-hydroxylation sites is 1. The zero-order chi connectivity index (χ0) is 23.1. The molecule has 3 N–H and O–H groups in total. The number of hydrogen-bond donors (Lipinski definition) is 3. The van der Waals surface area contributed by atoms with Gasteiger partial charge in [0.05, 0.1) is 0 Å². The normalized spacial score (nSPS) is 16.4. The van der Waals surface area contributed by atoms with E-state index in [2.05, 4.69) is 27.0 Å². The summed E-state index contributed by atoms with van der Waals surface area (Å²) in [5.74, 6) is -0.806. The van der Waals surface area contributed by atoms with Crippen LogP contribution in [-0.4, -0.2) is 50.3 Å². The summed E-state index contributed by atoms with van der Waals surface area (Å²) in [7, 11) is 0. The van der Waals surface area contributed by atoms with Crippen LogP contribution in [0.15, 0.2) is 60.8 Å². The number of H-pyrrole nitrogens is 1. The molecule has 9 heteroatoms. The predicted octanol–water partition coefficient (Wildman–Crippen LogP) is 4.48. The molecule has 2 heterocycles. The fourth-order valence-corrected chi connectivity index (χ4v) is 3.64. The van der Waals surface area contributed by atoms with Crippen LogP contribution < -0.4 is 0 Å². The fourth-order valence-electron chi connectivity index (χ4n) is 3.64. The monoisotopic (exact) mass is 447 g/mol. The number of nitrogens with zero attached hydrogens (tertiary/aromatic N) is 2. The molecule has 1 saturated heterocycles. The Labute approximate surface area is 183 Å². The van der Waals surface area contributed by atoms with Crippen LogP contribution in [0.3, 0.4) is 0 Å². The van der Waals surface area contributed by atoms with Gasteiger partial charge in [-0.05, 0) is 36.9 Å². The van der Waals surface area contributed by atoms with Crippen molar-refractivity contribution >= 4 is 5.97 Å². The van der Waals surface area contributed by atoms with E-state index in [0.29, 0.717) is 11.7 Å². The summed E-state index contributed by atoms with van der Waals surface area (Å²) in [5.41, 5.74) is 3.33. The molecule has 1 unspecified atom stereocenters. The number of halogens is 3. The second-order valence-electron chi connectivity index (χ2n) is 7.65. The molecule has 0 bridgehead atoms. The molecule has 1 aromatic heterocycles. The van der Waals surface area contributed by atoms with E-state index in [-0.39, 0.29) is 0 Å². The molecule has 1 fully saturated rings. The van der Waals surface area contributed by atoms with Crippen LogP contribution >= 0.6 is 0 Å². The first-order valence-corrected chi connectivity index (χ1v) is 10.1. The number of aromatic nitrogens is 2. The lowest BCUT2D eigenvalue weighted by atomic mass is 9.98. The zero-order valence-corrected chi connectivity index (χ0v) is 17.2. The number of imidazole rings is 1. The quantitative estimate of drug-likeness (QED) is 0.537. The van der Waals surface area contributed by atoms with E-state index in [4.69, 9.17) is 9.90 Å². The molecular weight excluding hydrogens is 423 g/mol. The highest BCUT2D eigenvalue weighted by Gasteiger charge is 2.38. The largest absolute Gasteiger partial charge is 0.508 e. The van der Waals surface area contributed by atoms with Gasteiger partial charge < -0.3 is 15.2 Å². The van der Waals surface area contributed by atoms with Gasteiger partial charge in [-0.2, -0.15) is 13.2 Å². The molecular formula is C23H24F3N3O3. The highest BCUT2D eigenvalue weighted by molar-refractivity contribution is 5.73. The minimum atomic E-state index is -5.08. The maximum absolute atomic E-state index is 10.6. The number of aromatic amines is 1. The first kappa shape index (κ1) is 23.3. The van der Waals surface area contributed by atoms with Gasteiger partial charge in [0.1, 0.15) is 11.6 Å². The summed E-state index contributed by atoms with van der Waals surface area (Å²) in [6.45, 7) is 3.06. The maximum Gasteiger partial charge on any atom is 0.490 e. The van der Waals surface area contributed by atoms with Crippen molar-refractivity contribution in [2.24, 2.45) is 5.92 Å². The average Bonchev–Trinajstić information content (AvgIpc) is 3.40. The number of alkyl halides is 3. The van der Waals surface area contributed by atoms with Crippen LogP contribution in [0.2, 0.25) is 0 Å². The van der Waals surface area contributed by atoms with E-state index >= 15 is 0 Å². The van der Waals surface area contributed by atoms with Crippen LogP contribution in [0.5, 0.6) is 5.75 Å². The van der Waals surface area contributed by atoms with E-state index in [0.717, 1.165) is 48.7 Å². The molecule has 0 spiro atoms. The summed E-state index contributed by atoms with van der Waals surface area (Å²) in [5, 5.41) is 17.1. The summed E-state index contributed by atoms with van der Waals surface area (Å²) in [6, 6.07) is 17.9. The van der Waals surface area contributed by atoms with Gasteiger partial charge in [0.15, 0.2) is 0 Å². The number of likely N-dealkylation sites (tertiary alicyclic amines) is 1. The number of benzene rings is 2. The lowest BCUT2D eigenvalue weighted by Crippen LogP contribution is -2.21. The SMILES string of the molecule is O=C(O)C(F)(F)F.Oc1ccccc1CC1CCN(Cc2cnc(-c3ccccc3)[nH]2)C1. The summed E-state index contributed by atoms with van der Waals surface area (Å²) < 4.78 is 31.7. The standard InChI is InChI=1S/C21H23N3O.C2HF3O2/c25-20-9-5-4-8-18(20)12-16-10-11-24(14-16)15-19-13-22-21(23-19)17-6-2-1-3-7-17;3-2(4,5)1(6)7/h1-9,13,16,25H,10-12,14-15H2,(H,22,23);(H,6,7). The molecule has 3 aromatic rings. The van der Waals surface area contributed by atoms with Crippen molar-refractivity contribution in [1.29, 1.82) is 0 Å². The van der Waals surface area contributed by atoms with E-state index in [1.54, 1.807) is 6.07 Å². The smallest absolute Gasteiger partial charge is 0.490 e. The van der Waals surface area contributed by atoms with E-state index < -0.39 is 12.1 Å². The third kappa shape index (κ3) is 6.58. The average molecular weight is 447 g/mol. The number of carbonyl (C=O) groups is 1. The van der Waals surface area contributed by atoms with Gasteiger partial charge >= 0.3 is 12.1 Å². The number of hydrogen-bond acceptors (Lipinski definition) is 4. The molecule has 170 valence electrons. The molecule has 0 amide bonds. The molecule has 1 atom stereocenters. The van der Waals surface area contributed by atoms with Gasteiger partial charge in [0.25, 0.3) is 0 Å². The third-order valence-electron chi connectivity index (χ3n) is 5.18. The summed E-state index contributed by atoms with van der Waals surface area (Å²) >= 11 is 0. The minimum Gasteiger partial charge on any atom is -0.508 e. The Kier molecular flexibility index (Phi) is 7.53. The Morgan fingerprint density at radius 3 is 2.44 bits per heavy atom. The Morgan fingerprint density at radius 2 is 1.78 bits per heavy atom. The Hall–Kier alpha value is -3.33. The number of aromatic hydroxyl groups is 1. The Balaban J connectivity index is 0.000000360. The lowest BCUT2D eigenvalue weighted by molar-refractivity contribution is -0.192. The second-order valence-corrected chi connectivity index (χ2v) is 7.65. The zero-order valence-electron chi connectivity index (χ0n) is 17.2. The number of phenols is 1. The second kappa shape index (κ2) is 10.3. The highest BCUT2D eigenvalue weighted by Crippen LogP contribution is 2.26. The van der Waals surface area contributed by atoms with Crippen molar-refractivity contribution in [1.82, 2.24) is 14.9 Å². The number of nitrogens with one attached hydrogen (secondary N) is 1. The maximum atomic E-state index is 10.6. The molecule has 0 aliphatic carbocycles. The van der Waals surface area contributed by atoms with Gasteiger partial charge in [-0.1, -0.05) is 48.5 Å². The first-order valence-electron chi connectivity index (χ1n) is 10.1. The molecule has 0 radical (unpaired) electrons. The van der Waals surface area contributed by atoms with Crippen LogP contribution in [0.1, 0.15) is 17.7 Å². The van der Waals surface area contributed by atoms with Crippen molar-refractivity contribution in [2.75, 3.05) is 13.1 Å². The topological polar surface area (TPSA) is 89.4 Å². The van der Waals surface area contributed by atoms with E-state index in [9.17, 15) is 18.3 Å². The Morgan fingerprint density at radius 1 is 1.12 bits per heavy atom. The lowest BCUT2D eigenvalue weighted by Gasteiger charge is -2.15. The number of rotatable bonds is 5. The van der Waals surface area contributed by atoms with Crippen molar-refractivity contribution in [3.8, 4) is 17.1 Å². The van der Waals surface area contributed by atoms with Crippen LogP contribution in [0.4, 0.5) is 13.2 Å². The highest BCUT2D eigenvalue weighted by atomic mass is 19.4. The molecule has 6 nitrogen and oxygen atoms in total. The van der Waals surface area contributed by atoms with Gasteiger partial charge in [0, 0.05) is 30.5 Å². The van der Waals surface area contributed by atoms with Crippen LogP contribution in [-0.2, 0) is 17.8 Å². The van der Waals surface area contributed by atoms with Crippen molar-refractivity contribution in [3.63, 3.8) is 0 Å². The van der Waals surface area contributed by atoms with Crippen LogP contribution in [0, 0.1) is 5.92 Å². The molecule has 1 aliphatic rings. The van der Waals surface area contributed by atoms with Gasteiger partial charge in [-0.3, -0.25) is 4.90 Å². The molecule has 0 saturated carbocycles. The van der Waals surface area contributed by atoms with E-state index in [1.165, 1.54) is 6.42 Å². The summed E-state index contributed by atoms with van der Waals surface area (Å²) in [6.07, 6.45) is -1.02. The number of aliphatic carboxylic acids is 1. The minimum absolute atomic E-state index is 0.419. The number of carboxylic acids is 1. The first-order chi connectivity index (χ1) is 15.2. The van der Waals surface area contributed by atoms with Crippen molar-refractivity contribution < 1.29 is 28.2 Å².